The van der Waals surface area contributed by atoms with Crippen molar-refractivity contribution in [2.45, 2.75) is 20.3 Å². The predicted octanol–water partition coefficient (Wildman–Crippen LogP) is 3.36. The number of hydrogen-bond acceptors (Lipinski definition) is 5. The minimum Gasteiger partial charge on any atom is -0.504 e. The Hall–Kier alpha value is -4.07. The van der Waals surface area contributed by atoms with Crippen LogP contribution in [-0.4, -0.2) is 41.0 Å². The summed E-state index contributed by atoms with van der Waals surface area (Å²) in [6.07, 6.45) is 3.51. The number of aromatic hydroxyl groups is 1. The Morgan fingerprint density at radius 1 is 1.28 bits per heavy atom. The summed E-state index contributed by atoms with van der Waals surface area (Å²) in [5.41, 5.74) is 2.71. The summed E-state index contributed by atoms with van der Waals surface area (Å²) in [4.78, 5) is 38.3. The SMILES string of the molecule is C=CCc1cc(/C=C2\NC(=O)N(CC(=O)Nc3cccc(C)c3)C2=O)cc(OCC)c1O. The minimum atomic E-state index is -0.684. The van der Waals surface area contributed by atoms with E-state index in [0.717, 1.165) is 10.5 Å². The van der Waals surface area contributed by atoms with Crippen LogP contribution >= 0.6 is 0 Å². The van der Waals surface area contributed by atoms with Crippen molar-refractivity contribution >= 4 is 29.6 Å². The number of nitrogens with zero attached hydrogens (tertiary/aromatic N) is 1. The van der Waals surface area contributed by atoms with E-state index in [-0.39, 0.29) is 17.2 Å². The highest BCUT2D eigenvalue weighted by Gasteiger charge is 2.35. The van der Waals surface area contributed by atoms with Crippen LogP contribution in [0.3, 0.4) is 0 Å². The molecule has 1 aliphatic heterocycles. The van der Waals surface area contributed by atoms with E-state index < -0.39 is 24.4 Å². The maximum Gasteiger partial charge on any atom is 0.329 e. The predicted molar refractivity (Wildman–Crippen MR) is 121 cm³/mol. The largest absolute Gasteiger partial charge is 0.504 e. The van der Waals surface area contributed by atoms with Crippen LogP contribution in [0.5, 0.6) is 11.5 Å². The zero-order chi connectivity index (χ0) is 23.3. The number of ether oxygens (including phenoxy) is 1. The molecule has 3 N–H and O–H groups in total. The van der Waals surface area contributed by atoms with Crippen molar-refractivity contribution in [2.24, 2.45) is 0 Å². The highest BCUT2D eigenvalue weighted by molar-refractivity contribution is 6.16. The molecule has 0 aliphatic carbocycles. The smallest absolute Gasteiger partial charge is 0.329 e. The molecule has 2 aromatic carbocycles. The quantitative estimate of drug-likeness (QED) is 0.335. The molecule has 8 nitrogen and oxygen atoms in total. The number of nitrogens with one attached hydrogen (secondary N) is 2. The molecule has 1 fully saturated rings. The van der Waals surface area contributed by atoms with Gasteiger partial charge in [-0.25, -0.2) is 9.69 Å². The van der Waals surface area contributed by atoms with E-state index in [9.17, 15) is 19.5 Å². The zero-order valence-electron chi connectivity index (χ0n) is 18.0. The molecule has 1 saturated heterocycles. The van der Waals surface area contributed by atoms with Crippen LogP contribution in [0.25, 0.3) is 6.08 Å². The average molecular weight is 435 g/mol. The summed E-state index contributed by atoms with van der Waals surface area (Å²) in [5.74, 6) is -0.836. The standard InChI is InChI=1S/C24H25N3O5/c1-4-7-17-11-16(13-20(22(17)29)32-5-2)12-19-23(30)27(24(31)26-19)14-21(28)25-18-9-6-8-15(3)10-18/h4,6,8-13,29H,1,5,7,14H2,2-3H3,(H,25,28)(H,26,31)/b19-12-. The molecule has 4 amide bonds. The van der Waals surface area contributed by atoms with Gasteiger partial charge in [0.2, 0.25) is 5.91 Å². The van der Waals surface area contributed by atoms with Crippen LogP contribution in [0.4, 0.5) is 10.5 Å². The topological polar surface area (TPSA) is 108 Å². The number of benzene rings is 2. The number of urea groups is 1. The van der Waals surface area contributed by atoms with Crippen molar-refractivity contribution in [1.82, 2.24) is 10.2 Å². The number of phenolic OH excluding ortho intramolecular Hbond substituents is 1. The van der Waals surface area contributed by atoms with E-state index in [1.165, 1.54) is 6.08 Å². The van der Waals surface area contributed by atoms with Crippen LogP contribution in [-0.2, 0) is 16.0 Å². The Labute approximate surface area is 186 Å². The van der Waals surface area contributed by atoms with E-state index >= 15 is 0 Å². The Balaban J connectivity index is 1.79. The summed E-state index contributed by atoms with van der Waals surface area (Å²) >= 11 is 0. The summed E-state index contributed by atoms with van der Waals surface area (Å²) in [6.45, 7) is 7.29. The fourth-order valence-electron chi connectivity index (χ4n) is 3.30. The molecule has 0 saturated carbocycles. The number of phenols is 1. The molecule has 1 heterocycles. The maximum atomic E-state index is 12.7. The Morgan fingerprint density at radius 3 is 2.75 bits per heavy atom. The molecule has 166 valence electrons. The Morgan fingerprint density at radius 2 is 2.06 bits per heavy atom. The van der Waals surface area contributed by atoms with E-state index in [1.54, 1.807) is 43.3 Å². The van der Waals surface area contributed by atoms with Gasteiger partial charge in [0.1, 0.15) is 12.2 Å². The van der Waals surface area contributed by atoms with E-state index in [2.05, 4.69) is 17.2 Å². The van der Waals surface area contributed by atoms with Gasteiger partial charge in [-0.3, -0.25) is 9.59 Å². The van der Waals surface area contributed by atoms with Crippen molar-refractivity contribution in [3.8, 4) is 11.5 Å². The van der Waals surface area contributed by atoms with Gasteiger partial charge in [0, 0.05) is 11.3 Å². The lowest BCUT2D eigenvalue weighted by atomic mass is 10.0. The first-order valence-electron chi connectivity index (χ1n) is 10.1. The second-order valence-corrected chi connectivity index (χ2v) is 7.25. The van der Waals surface area contributed by atoms with Crippen LogP contribution < -0.4 is 15.4 Å². The number of aryl methyl sites for hydroxylation is 1. The fourth-order valence-corrected chi connectivity index (χ4v) is 3.30. The number of rotatable bonds is 8. The molecule has 0 unspecified atom stereocenters. The lowest BCUT2D eigenvalue weighted by molar-refractivity contribution is -0.127. The van der Waals surface area contributed by atoms with E-state index in [4.69, 9.17) is 4.74 Å². The van der Waals surface area contributed by atoms with Crippen LogP contribution in [0.1, 0.15) is 23.6 Å². The molecule has 1 aliphatic rings. The van der Waals surface area contributed by atoms with Crippen molar-refractivity contribution in [1.29, 1.82) is 0 Å². The van der Waals surface area contributed by atoms with Crippen LogP contribution in [0.15, 0.2) is 54.8 Å². The normalized spacial score (nSPS) is 14.4. The second kappa shape index (κ2) is 9.82. The first-order chi connectivity index (χ1) is 15.3. The third-order valence-corrected chi connectivity index (χ3v) is 4.72. The molecular formula is C24H25N3O5. The number of allylic oxidation sites excluding steroid dienone is 1. The average Bonchev–Trinajstić information content (AvgIpc) is 2.99. The molecule has 0 atom stereocenters. The lowest BCUT2D eigenvalue weighted by Gasteiger charge is -2.12. The third kappa shape index (κ3) is 5.15. The lowest BCUT2D eigenvalue weighted by Crippen LogP contribution is -2.38. The van der Waals surface area contributed by atoms with Crippen molar-refractivity contribution < 1.29 is 24.2 Å². The number of carbonyl (C=O) groups is 3. The molecule has 8 heteroatoms. The van der Waals surface area contributed by atoms with Gasteiger partial charge in [0.25, 0.3) is 5.91 Å². The highest BCUT2D eigenvalue weighted by Crippen LogP contribution is 2.33. The van der Waals surface area contributed by atoms with E-state index in [1.807, 2.05) is 13.0 Å². The van der Waals surface area contributed by atoms with Gasteiger partial charge >= 0.3 is 6.03 Å². The molecule has 2 aromatic rings. The van der Waals surface area contributed by atoms with Gasteiger partial charge in [-0.2, -0.15) is 0 Å². The van der Waals surface area contributed by atoms with Crippen LogP contribution in [0, 0.1) is 6.92 Å². The summed E-state index contributed by atoms with van der Waals surface area (Å²) in [6, 6.07) is 9.78. The number of carbonyl (C=O) groups excluding carboxylic acids is 3. The van der Waals surface area contributed by atoms with E-state index in [0.29, 0.717) is 29.8 Å². The molecule has 0 aromatic heterocycles. The monoisotopic (exact) mass is 435 g/mol. The first kappa shape index (κ1) is 22.6. The first-order valence-corrected chi connectivity index (χ1v) is 10.1. The molecular weight excluding hydrogens is 410 g/mol. The molecule has 32 heavy (non-hydrogen) atoms. The van der Waals surface area contributed by atoms with Crippen molar-refractivity contribution in [3.63, 3.8) is 0 Å². The Kier molecular flexibility index (Phi) is 6.94. The molecule has 0 bridgehead atoms. The van der Waals surface area contributed by atoms with Gasteiger partial charge in [-0.15, -0.1) is 6.58 Å². The summed E-state index contributed by atoms with van der Waals surface area (Å²) in [7, 11) is 0. The number of hydrogen-bond donors (Lipinski definition) is 3. The zero-order valence-corrected chi connectivity index (χ0v) is 18.0. The van der Waals surface area contributed by atoms with Gasteiger partial charge in [0.05, 0.1) is 6.61 Å². The molecule has 3 rings (SSSR count). The van der Waals surface area contributed by atoms with Crippen molar-refractivity contribution in [2.75, 3.05) is 18.5 Å². The second-order valence-electron chi connectivity index (χ2n) is 7.25. The van der Waals surface area contributed by atoms with Gasteiger partial charge in [-0.1, -0.05) is 18.2 Å². The highest BCUT2D eigenvalue weighted by atomic mass is 16.5. The molecule has 0 radical (unpaired) electrons. The van der Waals surface area contributed by atoms with Crippen molar-refractivity contribution in [3.05, 3.63) is 71.4 Å². The minimum absolute atomic E-state index is 0.00475. The Bertz CT molecular complexity index is 1110. The van der Waals surface area contributed by atoms with Crippen LogP contribution in [0.2, 0.25) is 0 Å². The fraction of sp³-hybridized carbons (Fsp3) is 0.208. The van der Waals surface area contributed by atoms with Gasteiger partial charge in [0.15, 0.2) is 11.5 Å². The molecule has 0 spiro atoms. The summed E-state index contributed by atoms with van der Waals surface area (Å²) in [5, 5.41) is 15.5. The maximum absolute atomic E-state index is 12.7. The number of imide groups is 1. The van der Waals surface area contributed by atoms with Gasteiger partial charge < -0.3 is 20.5 Å². The number of amides is 4. The van der Waals surface area contributed by atoms with Gasteiger partial charge in [-0.05, 0) is 61.7 Å². The summed E-state index contributed by atoms with van der Waals surface area (Å²) < 4.78 is 5.47. The third-order valence-electron chi connectivity index (χ3n) is 4.72. The number of anilines is 1.